The van der Waals surface area contributed by atoms with Crippen LogP contribution in [0.25, 0.3) is 17.5 Å². The fourth-order valence-electron chi connectivity index (χ4n) is 2.16. The Morgan fingerprint density at radius 1 is 1.21 bits per heavy atom. The molecule has 1 aromatic carbocycles. The van der Waals surface area contributed by atoms with Gasteiger partial charge in [0.1, 0.15) is 22.2 Å². The molecule has 0 aliphatic rings. The summed E-state index contributed by atoms with van der Waals surface area (Å²) in [4.78, 5) is 15.9. The SMILES string of the molecule is COc1cc(OC)cc(-c2nc(S/C(=C\c3cc(Br)c(Br)o3)C(=O)O)n[nH]2)c1. The lowest BCUT2D eigenvalue weighted by Gasteiger charge is -2.06. The molecular formula is C17H13Br2N3O5S. The zero-order valence-corrected chi connectivity index (χ0v) is 18.5. The minimum absolute atomic E-state index is 0.00234. The van der Waals surface area contributed by atoms with Gasteiger partial charge in [0, 0.05) is 17.7 Å². The van der Waals surface area contributed by atoms with E-state index in [1.165, 1.54) is 6.08 Å². The first-order valence-electron chi connectivity index (χ1n) is 7.63. The number of aliphatic carboxylic acids is 1. The van der Waals surface area contributed by atoms with Gasteiger partial charge in [0.2, 0.25) is 5.16 Å². The number of nitrogens with one attached hydrogen (secondary N) is 1. The van der Waals surface area contributed by atoms with Crippen LogP contribution in [0.5, 0.6) is 11.5 Å². The van der Waals surface area contributed by atoms with Gasteiger partial charge < -0.3 is 19.0 Å². The van der Waals surface area contributed by atoms with Crippen LogP contribution in [-0.4, -0.2) is 40.5 Å². The summed E-state index contributed by atoms with van der Waals surface area (Å²) in [6.07, 6.45) is 1.40. The Labute approximate surface area is 180 Å². The van der Waals surface area contributed by atoms with Gasteiger partial charge in [0.15, 0.2) is 10.5 Å². The number of H-pyrrole nitrogens is 1. The largest absolute Gasteiger partial charge is 0.497 e. The zero-order valence-electron chi connectivity index (χ0n) is 14.5. The first kappa shape index (κ1) is 20.5. The number of furan rings is 1. The number of hydrogen-bond acceptors (Lipinski definition) is 7. The van der Waals surface area contributed by atoms with Crippen LogP contribution in [0, 0.1) is 0 Å². The number of thioether (sulfide) groups is 1. The lowest BCUT2D eigenvalue weighted by molar-refractivity contribution is -0.131. The molecule has 0 radical (unpaired) electrons. The number of aromatic nitrogens is 3. The summed E-state index contributed by atoms with van der Waals surface area (Å²) >= 11 is 7.40. The molecule has 146 valence electrons. The summed E-state index contributed by atoms with van der Waals surface area (Å²) in [5, 5.41) is 16.6. The summed E-state index contributed by atoms with van der Waals surface area (Å²) < 4.78 is 17.0. The third kappa shape index (κ3) is 4.78. The van der Waals surface area contributed by atoms with Crippen LogP contribution >= 0.6 is 43.6 Å². The summed E-state index contributed by atoms with van der Waals surface area (Å²) in [5.41, 5.74) is 0.690. The van der Waals surface area contributed by atoms with Gasteiger partial charge >= 0.3 is 5.97 Å². The van der Waals surface area contributed by atoms with Crippen molar-refractivity contribution in [2.24, 2.45) is 0 Å². The molecular weight excluding hydrogens is 518 g/mol. The van der Waals surface area contributed by atoms with Gasteiger partial charge in [-0.1, -0.05) is 0 Å². The maximum atomic E-state index is 11.6. The van der Waals surface area contributed by atoms with Crippen molar-refractivity contribution in [1.29, 1.82) is 0 Å². The van der Waals surface area contributed by atoms with Crippen molar-refractivity contribution < 1.29 is 23.8 Å². The number of ether oxygens (including phenoxy) is 2. The lowest BCUT2D eigenvalue weighted by atomic mass is 10.2. The first-order chi connectivity index (χ1) is 13.4. The predicted molar refractivity (Wildman–Crippen MR) is 111 cm³/mol. The summed E-state index contributed by atoms with van der Waals surface area (Å²) in [6.45, 7) is 0. The summed E-state index contributed by atoms with van der Waals surface area (Å²) in [6, 6.07) is 6.92. The molecule has 0 aliphatic heterocycles. The van der Waals surface area contributed by atoms with E-state index in [4.69, 9.17) is 13.9 Å². The van der Waals surface area contributed by atoms with Gasteiger partial charge in [-0.25, -0.2) is 9.78 Å². The Bertz CT molecular complexity index is 1010. The van der Waals surface area contributed by atoms with Crippen LogP contribution in [0.15, 0.2) is 47.9 Å². The van der Waals surface area contributed by atoms with Crippen molar-refractivity contribution in [2.45, 2.75) is 5.16 Å². The molecule has 0 atom stereocenters. The maximum Gasteiger partial charge on any atom is 0.342 e. The highest BCUT2D eigenvalue weighted by atomic mass is 79.9. The van der Waals surface area contributed by atoms with Crippen LogP contribution in [0.1, 0.15) is 5.76 Å². The molecule has 0 spiro atoms. The van der Waals surface area contributed by atoms with E-state index in [0.29, 0.717) is 37.8 Å². The average molecular weight is 531 g/mol. The van der Waals surface area contributed by atoms with E-state index < -0.39 is 5.97 Å². The fraction of sp³-hybridized carbons (Fsp3) is 0.118. The highest BCUT2D eigenvalue weighted by Crippen LogP contribution is 2.33. The van der Waals surface area contributed by atoms with Gasteiger partial charge in [-0.3, -0.25) is 5.10 Å². The number of benzene rings is 1. The molecule has 8 nitrogen and oxygen atoms in total. The molecule has 0 amide bonds. The normalized spacial score (nSPS) is 11.5. The topological polar surface area (TPSA) is 110 Å². The smallest absolute Gasteiger partial charge is 0.342 e. The molecule has 2 N–H and O–H groups in total. The summed E-state index contributed by atoms with van der Waals surface area (Å²) in [7, 11) is 3.10. The fourth-order valence-corrected chi connectivity index (χ4v) is 3.46. The highest BCUT2D eigenvalue weighted by molar-refractivity contribution is 9.13. The molecule has 0 saturated carbocycles. The second-order valence-corrected chi connectivity index (χ2v) is 7.84. The molecule has 0 fully saturated rings. The molecule has 2 heterocycles. The van der Waals surface area contributed by atoms with E-state index in [2.05, 4.69) is 47.0 Å². The molecule has 28 heavy (non-hydrogen) atoms. The molecule has 3 rings (SSSR count). The molecule has 0 unspecified atom stereocenters. The van der Waals surface area contributed by atoms with Crippen molar-refractivity contribution in [1.82, 2.24) is 15.2 Å². The summed E-state index contributed by atoms with van der Waals surface area (Å²) in [5.74, 6) is 0.896. The van der Waals surface area contributed by atoms with E-state index in [0.717, 1.165) is 11.8 Å². The number of carboxylic acids is 1. The van der Waals surface area contributed by atoms with Crippen LogP contribution in [-0.2, 0) is 4.79 Å². The Kier molecular flexibility index (Phi) is 6.47. The van der Waals surface area contributed by atoms with Crippen molar-refractivity contribution >= 4 is 55.7 Å². The molecule has 11 heteroatoms. The second-order valence-electron chi connectivity index (χ2n) is 5.25. The van der Waals surface area contributed by atoms with Gasteiger partial charge in [-0.05, 0) is 61.8 Å². The lowest BCUT2D eigenvalue weighted by Crippen LogP contribution is -1.97. The maximum absolute atomic E-state index is 11.6. The van der Waals surface area contributed by atoms with E-state index in [-0.39, 0.29) is 10.1 Å². The predicted octanol–water partition coefficient (Wildman–Crippen LogP) is 4.82. The van der Waals surface area contributed by atoms with Gasteiger partial charge in [0.25, 0.3) is 0 Å². The van der Waals surface area contributed by atoms with Crippen LogP contribution in [0.4, 0.5) is 0 Å². The number of carboxylic acid groups (broad SMARTS) is 1. The van der Waals surface area contributed by atoms with E-state index >= 15 is 0 Å². The third-order valence-electron chi connectivity index (χ3n) is 3.44. The van der Waals surface area contributed by atoms with Crippen molar-refractivity contribution in [3.8, 4) is 22.9 Å². The number of methoxy groups -OCH3 is 2. The van der Waals surface area contributed by atoms with Crippen LogP contribution in [0.3, 0.4) is 0 Å². The first-order valence-corrected chi connectivity index (χ1v) is 10.0. The van der Waals surface area contributed by atoms with Crippen molar-refractivity contribution in [3.63, 3.8) is 0 Å². The van der Waals surface area contributed by atoms with Gasteiger partial charge in [-0.2, -0.15) is 0 Å². The van der Waals surface area contributed by atoms with Crippen molar-refractivity contribution in [2.75, 3.05) is 14.2 Å². The van der Waals surface area contributed by atoms with E-state index in [1.807, 2.05) is 0 Å². The number of hydrogen-bond donors (Lipinski definition) is 2. The Hall–Kier alpha value is -2.24. The number of aromatic amines is 1. The Morgan fingerprint density at radius 3 is 2.43 bits per heavy atom. The van der Waals surface area contributed by atoms with Gasteiger partial charge in [-0.15, -0.1) is 5.10 Å². The second kappa shape index (κ2) is 8.84. The quantitative estimate of drug-likeness (QED) is 0.330. The number of rotatable bonds is 7. The number of nitrogens with zero attached hydrogens (tertiary/aromatic N) is 2. The minimum atomic E-state index is -1.12. The van der Waals surface area contributed by atoms with E-state index in [9.17, 15) is 9.90 Å². The molecule has 0 bridgehead atoms. The molecule has 2 aromatic heterocycles. The monoisotopic (exact) mass is 529 g/mol. The van der Waals surface area contributed by atoms with E-state index in [1.54, 1.807) is 38.5 Å². The standard InChI is InChI=1S/C17H13Br2N3O5S/c1-25-9-3-8(4-10(5-9)26-2)15-20-17(22-21-15)28-13(16(23)24)7-11-6-12(18)14(19)27-11/h3-7H,1-2H3,(H,23,24)(H,20,21,22)/b13-7-. The highest BCUT2D eigenvalue weighted by Gasteiger charge is 2.16. The van der Waals surface area contributed by atoms with Gasteiger partial charge in [0.05, 0.1) is 18.7 Å². The minimum Gasteiger partial charge on any atom is -0.497 e. The Balaban J connectivity index is 1.87. The Morgan fingerprint density at radius 2 is 1.89 bits per heavy atom. The molecule has 3 aromatic rings. The third-order valence-corrected chi connectivity index (χ3v) is 6.03. The average Bonchev–Trinajstić information content (AvgIpc) is 3.27. The zero-order chi connectivity index (χ0) is 20.3. The van der Waals surface area contributed by atoms with Crippen molar-refractivity contribution in [3.05, 3.63) is 44.1 Å². The number of halogens is 2. The molecule has 0 saturated heterocycles. The van der Waals surface area contributed by atoms with Crippen LogP contribution < -0.4 is 9.47 Å². The van der Waals surface area contributed by atoms with Crippen LogP contribution in [0.2, 0.25) is 0 Å². The number of carbonyl (C=O) groups is 1. The molecule has 0 aliphatic carbocycles.